The van der Waals surface area contributed by atoms with Gasteiger partial charge in [0.2, 0.25) is 0 Å². The number of guanidine groups is 1. The molecule has 2 rings (SSSR count). The van der Waals surface area contributed by atoms with Crippen LogP contribution in [0.2, 0.25) is 0 Å². The van der Waals surface area contributed by atoms with Crippen molar-refractivity contribution in [2.45, 2.75) is 12.8 Å². The molecule has 0 bridgehead atoms. The van der Waals surface area contributed by atoms with Crippen LogP contribution in [-0.2, 0) is 9.47 Å². The zero-order valence-electron chi connectivity index (χ0n) is 12.2. The van der Waals surface area contributed by atoms with E-state index in [1.807, 2.05) is 30.3 Å². The molecular formula is C15H24IN3O2. The van der Waals surface area contributed by atoms with Crippen molar-refractivity contribution in [2.24, 2.45) is 16.6 Å². The summed E-state index contributed by atoms with van der Waals surface area (Å²) in [4.78, 5) is 4.27. The lowest BCUT2D eigenvalue weighted by Crippen LogP contribution is -2.23. The van der Waals surface area contributed by atoms with Crippen LogP contribution >= 0.6 is 24.0 Å². The lowest BCUT2D eigenvalue weighted by atomic mass is 10.1. The summed E-state index contributed by atoms with van der Waals surface area (Å²) in [5, 5.41) is 3.05. The number of nitrogens with zero attached hydrogens (tertiary/aromatic N) is 1. The van der Waals surface area contributed by atoms with Gasteiger partial charge in [0, 0.05) is 31.4 Å². The van der Waals surface area contributed by atoms with Crippen molar-refractivity contribution in [1.29, 1.82) is 0 Å². The Kier molecular flexibility index (Phi) is 9.36. The summed E-state index contributed by atoms with van der Waals surface area (Å²) in [6, 6.07) is 9.78. The maximum atomic E-state index is 5.80. The van der Waals surface area contributed by atoms with Gasteiger partial charge in [-0.1, -0.05) is 18.2 Å². The molecule has 1 aromatic carbocycles. The first-order valence-corrected chi connectivity index (χ1v) is 7.12. The Labute approximate surface area is 143 Å². The van der Waals surface area contributed by atoms with Crippen molar-refractivity contribution < 1.29 is 9.47 Å². The maximum Gasteiger partial charge on any atom is 0.193 e. The Morgan fingerprint density at radius 3 is 2.90 bits per heavy atom. The van der Waals surface area contributed by atoms with E-state index in [1.54, 1.807) is 0 Å². The zero-order chi connectivity index (χ0) is 14.0. The van der Waals surface area contributed by atoms with Crippen LogP contribution in [0.5, 0.6) is 0 Å². The predicted octanol–water partition coefficient (Wildman–Crippen LogP) is 2.47. The van der Waals surface area contributed by atoms with Crippen LogP contribution in [0.4, 0.5) is 5.69 Å². The fourth-order valence-corrected chi connectivity index (χ4v) is 2.04. The van der Waals surface area contributed by atoms with Gasteiger partial charge >= 0.3 is 0 Å². The third kappa shape index (κ3) is 7.63. The van der Waals surface area contributed by atoms with Gasteiger partial charge in [-0.2, -0.15) is 0 Å². The van der Waals surface area contributed by atoms with Crippen molar-refractivity contribution in [2.75, 3.05) is 38.3 Å². The SMILES string of the molecule is I.NC(=NCCCOCC1CCOC1)Nc1ccccc1. The van der Waals surface area contributed by atoms with Crippen LogP contribution in [0.15, 0.2) is 35.3 Å². The van der Waals surface area contributed by atoms with E-state index in [-0.39, 0.29) is 24.0 Å². The minimum atomic E-state index is 0. The van der Waals surface area contributed by atoms with Crippen molar-refractivity contribution in [3.05, 3.63) is 30.3 Å². The van der Waals surface area contributed by atoms with Crippen LogP contribution in [-0.4, -0.2) is 38.9 Å². The Hall–Kier alpha value is -0.860. The molecule has 0 saturated carbocycles. The van der Waals surface area contributed by atoms with Crippen molar-refractivity contribution in [1.82, 2.24) is 0 Å². The van der Waals surface area contributed by atoms with E-state index in [9.17, 15) is 0 Å². The van der Waals surface area contributed by atoms with Gasteiger partial charge in [0.25, 0.3) is 0 Å². The second kappa shape index (κ2) is 10.8. The third-order valence-corrected chi connectivity index (χ3v) is 3.15. The summed E-state index contributed by atoms with van der Waals surface area (Å²) < 4.78 is 10.9. The molecule has 3 N–H and O–H groups in total. The largest absolute Gasteiger partial charge is 0.381 e. The highest BCUT2D eigenvalue weighted by Gasteiger charge is 2.14. The topological polar surface area (TPSA) is 68.9 Å². The lowest BCUT2D eigenvalue weighted by molar-refractivity contribution is 0.0893. The monoisotopic (exact) mass is 405 g/mol. The number of ether oxygens (including phenoxy) is 2. The minimum Gasteiger partial charge on any atom is -0.381 e. The number of halogens is 1. The molecule has 1 aliphatic rings. The lowest BCUT2D eigenvalue weighted by Gasteiger charge is -2.08. The summed E-state index contributed by atoms with van der Waals surface area (Å²) in [6.07, 6.45) is 2.00. The normalized spacial score (nSPS) is 18.3. The number of aliphatic imine (C=N–C) groups is 1. The molecule has 1 aromatic rings. The highest BCUT2D eigenvalue weighted by molar-refractivity contribution is 14.0. The number of benzene rings is 1. The second-order valence-electron chi connectivity index (χ2n) is 4.92. The minimum absolute atomic E-state index is 0. The van der Waals surface area contributed by atoms with Gasteiger partial charge in [-0.15, -0.1) is 24.0 Å². The first kappa shape index (κ1) is 18.2. The highest BCUT2D eigenvalue weighted by atomic mass is 127. The number of hydrogen-bond donors (Lipinski definition) is 2. The highest BCUT2D eigenvalue weighted by Crippen LogP contribution is 2.12. The van der Waals surface area contributed by atoms with E-state index in [4.69, 9.17) is 15.2 Å². The van der Waals surface area contributed by atoms with Gasteiger partial charge < -0.3 is 20.5 Å². The Bertz CT molecular complexity index is 409. The second-order valence-corrected chi connectivity index (χ2v) is 4.92. The number of anilines is 1. The van der Waals surface area contributed by atoms with Crippen LogP contribution < -0.4 is 11.1 Å². The predicted molar refractivity (Wildman–Crippen MR) is 96.3 cm³/mol. The Morgan fingerprint density at radius 2 is 2.19 bits per heavy atom. The number of nitrogens with two attached hydrogens (primary N) is 1. The van der Waals surface area contributed by atoms with Gasteiger partial charge in [-0.3, -0.25) is 4.99 Å². The molecule has 0 spiro atoms. The molecule has 0 aliphatic carbocycles. The number of hydrogen-bond acceptors (Lipinski definition) is 3. The number of para-hydroxylation sites is 1. The fraction of sp³-hybridized carbons (Fsp3) is 0.533. The number of rotatable bonds is 7. The first-order chi connectivity index (χ1) is 9.84. The number of nitrogens with one attached hydrogen (secondary N) is 1. The summed E-state index contributed by atoms with van der Waals surface area (Å²) in [5.41, 5.74) is 6.75. The maximum absolute atomic E-state index is 5.80. The summed E-state index contributed by atoms with van der Waals surface area (Å²) in [7, 11) is 0. The first-order valence-electron chi connectivity index (χ1n) is 7.12. The van der Waals surface area contributed by atoms with Crippen molar-refractivity contribution in [3.8, 4) is 0 Å². The molecule has 0 aromatic heterocycles. The average Bonchev–Trinajstić information content (AvgIpc) is 2.97. The van der Waals surface area contributed by atoms with Crippen LogP contribution in [0.25, 0.3) is 0 Å². The average molecular weight is 405 g/mol. The molecule has 1 saturated heterocycles. The third-order valence-electron chi connectivity index (χ3n) is 3.15. The van der Waals surface area contributed by atoms with E-state index in [0.717, 1.165) is 45.0 Å². The quantitative estimate of drug-likeness (QED) is 0.317. The Morgan fingerprint density at radius 1 is 1.38 bits per heavy atom. The standard InChI is InChI=1S/C15H23N3O2.HI/c16-15(18-14-5-2-1-3-6-14)17-8-4-9-19-11-13-7-10-20-12-13;/h1-3,5-6,13H,4,7-12H2,(H3,16,17,18);1H. The fourth-order valence-electron chi connectivity index (χ4n) is 2.04. The Balaban J connectivity index is 0.00000220. The van der Waals surface area contributed by atoms with Gasteiger partial charge in [-0.05, 0) is 25.0 Å². The molecule has 0 amide bonds. The molecule has 1 fully saturated rings. The van der Waals surface area contributed by atoms with Gasteiger partial charge in [-0.25, -0.2) is 0 Å². The van der Waals surface area contributed by atoms with Crippen LogP contribution in [0, 0.1) is 5.92 Å². The van der Waals surface area contributed by atoms with E-state index in [0.29, 0.717) is 18.4 Å². The van der Waals surface area contributed by atoms with Gasteiger partial charge in [0.15, 0.2) is 5.96 Å². The van der Waals surface area contributed by atoms with E-state index in [1.165, 1.54) is 0 Å². The summed E-state index contributed by atoms with van der Waals surface area (Å²) in [6.45, 7) is 3.90. The zero-order valence-corrected chi connectivity index (χ0v) is 14.5. The molecule has 0 radical (unpaired) electrons. The molecule has 5 nitrogen and oxygen atoms in total. The van der Waals surface area contributed by atoms with Gasteiger partial charge in [0.1, 0.15) is 0 Å². The summed E-state index contributed by atoms with van der Waals surface area (Å²) >= 11 is 0. The van der Waals surface area contributed by atoms with E-state index in [2.05, 4.69) is 10.3 Å². The van der Waals surface area contributed by atoms with Crippen LogP contribution in [0.3, 0.4) is 0 Å². The smallest absolute Gasteiger partial charge is 0.193 e. The van der Waals surface area contributed by atoms with Crippen LogP contribution in [0.1, 0.15) is 12.8 Å². The molecular weight excluding hydrogens is 381 g/mol. The molecule has 1 unspecified atom stereocenters. The van der Waals surface area contributed by atoms with Crippen molar-refractivity contribution >= 4 is 35.6 Å². The molecule has 1 heterocycles. The van der Waals surface area contributed by atoms with E-state index < -0.39 is 0 Å². The molecule has 6 heteroatoms. The molecule has 118 valence electrons. The summed E-state index contributed by atoms with van der Waals surface area (Å²) in [5.74, 6) is 1.02. The molecule has 1 atom stereocenters. The van der Waals surface area contributed by atoms with Gasteiger partial charge in [0.05, 0.1) is 13.2 Å². The van der Waals surface area contributed by atoms with Crippen molar-refractivity contribution in [3.63, 3.8) is 0 Å². The molecule has 1 aliphatic heterocycles. The molecule has 21 heavy (non-hydrogen) atoms. The van der Waals surface area contributed by atoms with E-state index >= 15 is 0 Å².